The molecule has 0 radical (unpaired) electrons. The van der Waals surface area contributed by atoms with Gasteiger partial charge >= 0.3 is 6.01 Å². The molecular weight excluding hydrogens is 302 g/mol. The summed E-state index contributed by atoms with van der Waals surface area (Å²) < 4.78 is 7.56. The maximum Gasteiger partial charge on any atom is 0.318 e. The predicted molar refractivity (Wildman–Crippen MR) is 83.3 cm³/mol. The lowest BCUT2D eigenvalue weighted by atomic mass is 9.90. The summed E-state index contributed by atoms with van der Waals surface area (Å²) in [5.74, 6) is 0.559. The van der Waals surface area contributed by atoms with E-state index in [1.54, 1.807) is 12.5 Å². The molecule has 0 unspecified atom stereocenters. The molecule has 3 aromatic rings. The Kier molecular flexibility index (Phi) is 3.20. The molecule has 0 spiro atoms. The number of nitrogens with zero attached hydrogens (tertiary/aromatic N) is 4. The number of rotatable bonds is 3. The molecule has 7 heteroatoms. The Bertz CT molecular complexity index is 828. The van der Waals surface area contributed by atoms with Crippen molar-refractivity contribution in [3.8, 4) is 11.8 Å². The Balaban J connectivity index is 1.71. The summed E-state index contributed by atoms with van der Waals surface area (Å²) in [5.41, 5.74) is 7.57. The Morgan fingerprint density at radius 2 is 2.05 bits per heavy atom. The molecule has 112 valence electrons. The van der Waals surface area contributed by atoms with E-state index in [0.717, 1.165) is 23.9 Å². The Hall–Kier alpha value is -2.18. The SMILES string of the molecule is N[C@H]1C[C@@H](Oc2ncc(Cl)c(-n3cnc4ccccc43)n2)C1. The fraction of sp³-hybridized carbons (Fsp3) is 0.267. The van der Waals surface area contributed by atoms with Crippen LogP contribution in [0.2, 0.25) is 5.02 Å². The average Bonchev–Trinajstić information content (AvgIpc) is 2.91. The van der Waals surface area contributed by atoms with Crippen molar-refractivity contribution in [2.45, 2.75) is 25.0 Å². The van der Waals surface area contributed by atoms with Crippen LogP contribution in [0, 0.1) is 0 Å². The van der Waals surface area contributed by atoms with Crippen LogP contribution in [0.25, 0.3) is 16.9 Å². The second-order valence-electron chi connectivity index (χ2n) is 5.40. The van der Waals surface area contributed by atoms with Crippen molar-refractivity contribution in [3.05, 3.63) is 41.8 Å². The van der Waals surface area contributed by atoms with Crippen molar-refractivity contribution >= 4 is 22.6 Å². The van der Waals surface area contributed by atoms with E-state index in [-0.39, 0.29) is 12.1 Å². The first-order valence-corrected chi connectivity index (χ1v) is 7.46. The molecule has 1 saturated carbocycles. The molecule has 1 aromatic carbocycles. The minimum absolute atomic E-state index is 0.0866. The fourth-order valence-electron chi connectivity index (χ4n) is 2.55. The minimum atomic E-state index is 0.0866. The molecule has 1 aliphatic rings. The first kappa shape index (κ1) is 13.5. The van der Waals surface area contributed by atoms with Gasteiger partial charge in [-0.15, -0.1) is 0 Å². The van der Waals surface area contributed by atoms with Gasteiger partial charge in [-0.1, -0.05) is 23.7 Å². The first-order chi connectivity index (χ1) is 10.7. The lowest BCUT2D eigenvalue weighted by Gasteiger charge is -2.31. The standard InChI is InChI=1S/C15H14ClN5O/c16-11-7-18-15(22-10-5-9(17)6-10)20-14(11)21-8-19-12-3-1-2-4-13(12)21/h1-4,7-10H,5-6,17H2/t9-,10+. The molecular formula is C15H14ClN5O. The van der Waals surface area contributed by atoms with Crippen LogP contribution in [0.1, 0.15) is 12.8 Å². The predicted octanol–water partition coefficient (Wildman–Crippen LogP) is 2.34. The van der Waals surface area contributed by atoms with Crippen molar-refractivity contribution in [2.75, 3.05) is 0 Å². The highest BCUT2D eigenvalue weighted by Crippen LogP contribution is 2.26. The third kappa shape index (κ3) is 2.30. The summed E-state index contributed by atoms with van der Waals surface area (Å²) in [6.07, 6.45) is 4.99. The lowest BCUT2D eigenvalue weighted by Crippen LogP contribution is -2.43. The fourth-order valence-corrected chi connectivity index (χ4v) is 2.73. The molecule has 2 heterocycles. The summed E-state index contributed by atoms with van der Waals surface area (Å²) in [6.45, 7) is 0. The summed E-state index contributed by atoms with van der Waals surface area (Å²) in [7, 11) is 0. The van der Waals surface area contributed by atoms with E-state index in [2.05, 4.69) is 15.0 Å². The van der Waals surface area contributed by atoms with Gasteiger partial charge in [0.2, 0.25) is 0 Å². The van der Waals surface area contributed by atoms with Gasteiger partial charge in [-0.3, -0.25) is 4.57 Å². The number of halogens is 1. The van der Waals surface area contributed by atoms with Crippen LogP contribution in [-0.2, 0) is 0 Å². The number of hydrogen-bond donors (Lipinski definition) is 1. The van der Waals surface area contributed by atoms with E-state index < -0.39 is 0 Å². The molecule has 6 nitrogen and oxygen atoms in total. The molecule has 1 aliphatic carbocycles. The summed E-state index contributed by atoms with van der Waals surface area (Å²) in [5, 5.41) is 0.445. The summed E-state index contributed by atoms with van der Waals surface area (Å²) in [4.78, 5) is 12.9. The van der Waals surface area contributed by atoms with Gasteiger partial charge in [0.15, 0.2) is 5.82 Å². The molecule has 2 N–H and O–H groups in total. The van der Waals surface area contributed by atoms with Crippen molar-refractivity contribution in [1.82, 2.24) is 19.5 Å². The van der Waals surface area contributed by atoms with Crippen LogP contribution in [0.5, 0.6) is 6.01 Å². The Labute approximate surface area is 131 Å². The van der Waals surface area contributed by atoms with Crippen molar-refractivity contribution in [1.29, 1.82) is 0 Å². The van der Waals surface area contributed by atoms with Crippen LogP contribution >= 0.6 is 11.6 Å². The highest BCUT2D eigenvalue weighted by molar-refractivity contribution is 6.32. The maximum absolute atomic E-state index is 6.25. The average molecular weight is 316 g/mol. The van der Waals surface area contributed by atoms with E-state index >= 15 is 0 Å². The van der Waals surface area contributed by atoms with E-state index in [0.29, 0.717) is 16.9 Å². The van der Waals surface area contributed by atoms with Gasteiger partial charge in [0.05, 0.1) is 17.2 Å². The molecule has 0 saturated heterocycles. The van der Waals surface area contributed by atoms with Crippen LogP contribution in [0.4, 0.5) is 0 Å². The second kappa shape index (κ2) is 5.23. The van der Waals surface area contributed by atoms with Gasteiger partial charge in [-0.05, 0) is 25.0 Å². The maximum atomic E-state index is 6.25. The van der Waals surface area contributed by atoms with Crippen LogP contribution in [-0.4, -0.2) is 31.7 Å². The monoisotopic (exact) mass is 315 g/mol. The molecule has 2 aromatic heterocycles. The number of aromatic nitrogens is 4. The van der Waals surface area contributed by atoms with E-state index in [4.69, 9.17) is 22.1 Å². The van der Waals surface area contributed by atoms with Gasteiger partial charge < -0.3 is 10.5 Å². The number of ether oxygens (including phenoxy) is 1. The molecule has 4 rings (SSSR count). The molecule has 22 heavy (non-hydrogen) atoms. The second-order valence-corrected chi connectivity index (χ2v) is 5.81. The van der Waals surface area contributed by atoms with Crippen LogP contribution in [0.15, 0.2) is 36.8 Å². The molecule has 1 fully saturated rings. The number of para-hydroxylation sites is 2. The zero-order valence-corrected chi connectivity index (χ0v) is 12.4. The third-order valence-electron chi connectivity index (χ3n) is 3.79. The van der Waals surface area contributed by atoms with Gasteiger partial charge in [-0.2, -0.15) is 4.98 Å². The summed E-state index contributed by atoms with van der Waals surface area (Å²) in [6, 6.07) is 8.32. The molecule has 0 atom stereocenters. The van der Waals surface area contributed by atoms with Crippen LogP contribution < -0.4 is 10.5 Å². The van der Waals surface area contributed by atoms with Gasteiger partial charge in [0.1, 0.15) is 17.5 Å². The highest BCUT2D eigenvalue weighted by atomic mass is 35.5. The number of imidazole rings is 1. The lowest BCUT2D eigenvalue weighted by molar-refractivity contribution is 0.0904. The molecule has 0 bridgehead atoms. The van der Waals surface area contributed by atoms with Gasteiger partial charge in [-0.25, -0.2) is 9.97 Å². The molecule has 0 amide bonds. The van der Waals surface area contributed by atoms with Gasteiger partial charge in [0, 0.05) is 6.04 Å². The van der Waals surface area contributed by atoms with Crippen molar-refractivity contribution < 1.29 is 4.74 Å². The molecule has 0 aliphatic heterocycles. The largest absolute Gasteiger partial charge is 0.460 e. The number of hydrogen-bond acceptors (Lipinski definition) is 5. The van der Waals surface area contributed by atoms with Gasteiger partial charge in [0.25, 0.3) is 0 Å². The van der Waals surface area contributed by atoms with E-state index in [1.807, 2.05) is 28.8 Å². The zero-order chi connectivity index (χ0) is 15.1. The number of nitrogens with two attached hydrogens (primary N) is 1. The highest BCUT2D eigenvalue weighted by Gasteiger charge is 2.28. The van der Waals surface area contributed by atoms with E-state index in [1.165, 1.54) is 0 Å². The van der Waals surface area contributed by atoms with Crippen molar-refractivity contribution in [2.24, 2.45) is 5.73 Å². The quantitative estimate of drug-likeness (QED) is 0.802. The third-order valence-corrected chi connectivity index (χ3v) is 4.06. The number of benzene rings is 1. The van der Waals surface area contributed by atoms with Crippen LogP contribution in [0.3, 0.4) is 0 Å². The smallest absolute Gasteiger partial charge is 0.318 e. The van der Waals surface area contributed by atoms with E-state index in [9.17, 15) is 0 Å². The minimum Gasteiger partial charge on any atom is -0.460 e. The zero-order valence-electron chi connectivity index (χ0n) is 11.7. The number of fused-ring (bicyclic) bond motifs is 1. The Morgan fingerprint density at radius 3 is 2.86 bits per heavy atom. The topological polar surface area (TPSA) is 78.9 Å². The Morgan fingerprint density at radius 1 is 1.23 bits per heavy atom. The normalized spacial score (nSPS) is 20.8. The van der Waals surface area contributed by atoms with Crippen molar-refractivity contribution in [3.63, 3.8) is 0 Å². The summed E-state index contributed by atoms with van der Waals surface area (Å²) >= 11 is 6.25. The first-order valence-electron chi connectivity index (χ1n) is 7.08.